The highest BCUT2D eigenvalue weighted by Crippen LogP contribution is 2.32. The Kier molecular flexibility index (Phi) is 5.83. The van der Waals surface area contributed by atoms with Crippen LogP contribution in [-0.2, 0) is 11.4 Å². The molecule has 6 heteroatoms. The van der Waals surface area contributed by atoms with Crippen LogP contribution in [0.15, 0.2) is 54.7 Å². The Hall–Kier alpha value is -2.83. The molecule has 0 bridgehead atoms. The number of fused-ring (bicyclic) bond motifs is 1. The Morgan fingerprint density at radius 3 is 2.59 bits per heavy atom. The number of rotatable bonds is 7. The fraction of sp³-hybridized carbons (Fsp3) is 0.348. The molecule has 0 radical (unpaired) electrons. The molecule has 0 spiro atoms. The van der Waals surface area contributed by atoms with Gasteiger partial charge in [-0.1, -0.05) is 37.3 Å². The molecule has 4 rings (SSSR count). The van der Waals surface area contributed by atoms with Crippen LogP contribution in [0.5, 0.6) is 5.75 Å². The van der Waals surface area contributed by atoms with Crippen molar-refractivity contribution in [3.8, 4) is 5.75 Å². The van der Waals surface area contributed by atoms with Crippen LogP contribution in [0.3, 0.4) is 0 Å². The zero-order valence-corrected chi connectivity index (χ0v) is 16.7. The third-order valence-electron chi connectivity index (χ3n) is 5.68. The summed E-state index contributed by atoms with van der Waals surface area (Å²) in [6, 6.07) is 15.2. The number of carboxylic acids is 1. The van der Waals surface area contributed by atoms with Gasteiger partial charge >= 0.3 is 5.97 Å². The zero-order chi connectivity index (χ0) is 20.2. The van der Waals surface area contributed by atoms with E-state index < -0.39 is 12.0 Å². The van der Waals surface area contributed by atoms with Gasteiger partial charge in [0, 0.05) is 48.8 Å². The molecule has 1 saturated heterocycles. The molecule has 0 saturated carbocycles. The van der Waals surface area contributed by atoms with E-state index in [1.165, 1.54) is 0 Å². The van der Waals surface area contributed by atoms with E-state index in [0.717, 1.165) is 60.5 Å². The lowest BCUT2D eigenvalue weighted by Gasteiger charge is -2.37. The molecule has 1 atom stereocenters. The Balaban J connectivity index is 1.57. The predicted molar refractivity (Wildman–Crippen MR) is 113 cm³/mol. The number of aromatic amines is 1. The second-order valence-corrected chi connectivity index (χ2v) is 7.44. The average molecular weight is 393 g/mol. The number of hydrogen-bond acceptors (Lipinski definition) is 4. The van der Waals surface area contributed by atoms with Crippen molar-refractivity contribution in [2.45, 2.75) is 19.6 Å². The van der Waals surface area contributed by atoms with Crippen LogP contribution in [0.4, 0.5) is 0 Å². The van der Waals surface area contributed by atoms with E-state index in [9.17, 15) is 9.90 Å². The number of carbonyl (C=O) groups is 1. The van der Waals surface area contributed by atoms with Gasteiger partial charge in [0.25, 0.3) is 0 Å². The number of benzene rings is 2. The van der Waals surface area contributed by atoms with Gasteiger partial charge in [0.15, 0.2) is 0 Å². The first-order chi connectivity index (χ1) is 14.2. The highest BCUT2D eigenvalue weighted by Gasteiger charge is 2.31. The average Bonchev–Trinajstić information content (AvgIpc) is 3.16. The van der Waals surface area contributed by atoms with Crippen molar-refractivity contribution in [3.63, 3.8) is 0 Å². The molecule has 6 nitrogen and oxygen atoms in total. The van der Waals surface area contributed by atoms with Crippen molar-refractivity contribution < 1.29 is 14.6 Å². The van der Waals surface area contributed by atoms with E-state index in [2.05, 4.69) is 21.7 Å². The number of piperazine rings is 1. The fourth-order valence-electron chi connectivity index (χ4n) is 4.00. The molecule has 2 aromatic carbocycles. The number of H-pyrrole nitrogens is 1. The van der Waals surface area contributed by atoms with E-state index in [1.807, 2.05) is 54.7 Å². The van der Waals surface area contributed by atoms with Crippen LogP contribution in [0.25, 0.3) is 10.9 Å². The number of ether oxygens (including phenoxy) is 1. The van der Waals surface area contributed by atoms with Crippen LogP contribution in [0.1, 0.15) is 24.1 Å². The van der Waals surface area contributed by atoms with Crippen molar-refractivity contribution in [3.05, 3.63) is 65.9 Å². The first-order valence-electron chi connectivity index (χ1n) is 10.1. The fourth-order valence-corrected chi connectivity index (χ4v) is 4.00. The molecule has 0 unspecified atom stereocenters. The molecule has 1 fully saturated rings. The molecule has 2 N–H and O–H groups in total. The van der Waals surface area contributed by atoms with Crippen molar-refractivity contribution in [2.24, 2.45) is 0 Å². The van der Waals surface area contributed by atoms with Crippen molar-refractivity contribution in [1.29, 1.82) is 0 Å². The molecule has 1 aliphatic rings. The minimum Gasteiger partial charge on any atom is -0.489 e. The van der Waals surface area contributed by atoms with E-state index in [0.29, 0.717) is 6.61 Å². The van der Waals surface area contributed by atoms with E-state index in [-0.39, 0.29) is 0 Å². The van der Waals surface area contributed by atoms with Crippen LogP contribution in [0, 0.1) is 0 Å². The first-order valence-corrected chi connectivity index (χ1v) is 10.1. The lowest BCUT2D eigenvalue weighted by molar-refractivity contribution is -0.144. The highest BCUT2D eigenvalue weighted by atomic mass is 16.5. The van der Waals surface area contributed by atoms with Gasteiger partial charge in [0.2, 0.25) is 0 Å². The Labute approximate surface area is 170 Å². The SMILES string of the molecule is CCN1CCN([C@H](C(=O)O)c2c[nH]c3ccc(OCc4ccccc4)cc23)CC1. The topological polar surface area (TPSA) is 68.8 Å². The maximum Gasteiger partial charge on any atom is 0.325 e. The molecule has 2 heterocycles. The predicted octanol–water partition coefficient (Wildman–Crippen LogP) is 3.51. The molecule has 1 aliphatic heterocycles. The number of nitrogens with zero attached hydrogens (tertiary/aromatic N) is 2. The van der Waals surface area contributed by atoms with Crippen LogP contribution >= 0.6 is 0 Å². The monoisotopic (exact) mass is 393 g/mol. The van der Waals surface area contributed by atoms with Crippen molar-refractivity contribution in [2.75, 3.05) is 32.7 Å². The number of nitrogens with one attached hydrogen (secondary N) is 1. The van der Waals surface area contributed by atoms with Gasteiger partial charge in [-0.3, -0.25) is 9.69 Å². The Morgan fingerprint density at radius 1 is 1.14 bits per heavy atom. The van der Waals surface area contributed by atoms with E-state index in [1.54, 1.807) is 0 Å². The maximum atomic E-state index is 12.2. The summed E-state index contributed by atoms with van der Waals surface area (Å²) in [5.41, 5.74) is 2.81. The van der Waals surface area contributed by atoms with Crippen molar-refractivity contribution >= 4 is 16.9 Å². The number of aromatic nitrogens is 1. The minimum atomic E-state index is -0.813. The van der Waals surface area contributed by atoms with Crippen LogP contribution in [0.2, 0.25) is 0 Å². The van der Waals surface area contributed by atoms with Gasteiger partial charge in [0.05, 0.1) is 0 Å². The quantitative estimate of drug-likeness (QED) is 0.643. The number of aliphatic carboxylic acids is 1. The summed E-state index contributed by atoms with van der Waals surface area (Å²) in [5.74, 6) is -0.0754. The van der Waals surface area contributed by atoms with Gasteiger partial charge in [-0.15, -0.1) is 0 Å². The number of likely N-dealkylation sites (N-methyl/N-ethyl adjacent to an activating group) is 1. The van der Waals surface area contributed by atoms with Gasteiger partial charge in [-0.2, -0.15) is 0 Å². The molecule has 1 aromatic heterocycles. The smallest absolute Gasteiger partial charge is 0.325 e. The highest BCUT2D eigenvalue weighted by molar-refractivity contribution is 5.90. The largest absolute Gasteiger partial charge is 0.489 e. The summed E-state index contributed by atoms with van der Waals surface area (Å²) >= 11 is 0. The molecule has 0 amide bonds. The third-order valence-corrected chi connectivity index (χ3v) is 5.68. The molecular weight excluding hydrogens is 366 g/mol. The van der Waals surface area contributed by atoms with Crippen molar-refractivity contribution in [1.82, 2.24) is 14.8 Å². The maximum absolute atomic E-state index is 12.2. The second kappa shape index (κ2) is 8.68. The summed E-state index contributed by atoms with van der Waals surface area (Å²) in [7, 11) is 0. The normalized spacial score (nSPS) is 16.7. The lowest BCUT2D eigenvalue weighted by Crippen LogP contribution is -2.49. The minimum absolute atomic E-state index is 0.480. The van der Waals surface area contributed by atoms with Gasteiger partial charge < -0.3 is 19.7 Å². The number of hydrogen-bond donors (Lipinski definition) is 2. The second-order valence-electron chi connectivity index (χ2n) is 7.44. The van der Waals surface area contributed by atoms with E-state index in [4.69, 9.17) is 4.74 Å². The Bertz CT molecular complexity index is 962. The molecule has 29 heavy (non-hydrogen) atoms. The van der Waals surface area contributed by atoms with Gasteiger partial charge in [0.1, 0.15) is 18.4 Å². The van der Waals surface area contributed by atoms with Gasteiger partial charge in [-0.25, -0.2) is 0 Å². The first kappa shape index (κ1) is 19.5. The molecule has 0 aliphatic carbocycles. The van der Waals surface area contributed by atoms with Crippen LogP contribution in [-0.4, -0.2) is 58.6 Å². The summed E-state index contributed by atoms with van der Waals surface area (Å²) in [6.07, 6.45) is 1.83. The molecular formula is C23H27N3O3. The summed E-state index contributed by atoms with van der Waals surface area (Å²) in [5, 5.41) is 10.9. The number of carboxylic acid groups (broad SMARTS) is 1. The van der Waals surface area contributed by atoms with Crippen LogP contribution < -0.4 is 4.74 Å². The lowest BCUT2D eigenvalue weighted by atomic mass is 10.0. The third kappa shape index (κ3) is 4.28. The standard InChI is InChI=1S/C23H27N3O3/c1-2-25-10-12-26(13-11-25)22(23(27)28)20-15-24-21-9-8-18(14-19(20)21)29-16-17-6-4-3-5-7-17/h3-9,14-15,22,24H,2,10-13,16H2,1H3,(H,27,28)/t22-/m0/s1. The molecule has 3 aromatic rings. The summed E-state index contributed by atoms with van der Waals surface area (Å²) in [4.78, 5) is 19.8. The zero-order valence-electron chi connectivity index (χ0n) is 16.7. The van der Waals surface area contributed by atoms with Gasteiger partial charge in [-0.05, 0) is 30.3 Å². The Morgan fingerprint density at radius 2 is 1.90 bits per heavy atom. The van der Waals surface area contributed by atoms with E-state index >= 15 is 0 Å². The summed E-state index contributed by atoms with van der Waals surface area (Å²) in [6.45, 7) is 6.92. The molecule has 152 valence electrons. The summed E-state index contributed by atoms with van der Waals surface area (Å²) < 4.78 is 5.96.